The number of hydrogen-bond acceptors (Lipinski definition) is 1. The lowest BCUT2D eigenvalue weighted by molar-refractivity contribution is 1.30. The number of hydrogen-bond donors (Lipinski definition) is 0. The molecule has 0 fully saturated rings. The minimum atomic E-state index is 1.12. The van der Waals surface area contributed by atoms with Gasteiger partial charge in [0.2, 0.25) is 0 Å². The van der Waals surface area contributed by atoms with Crippen LogP contribution in [-0.2, 0) is 0 Å². The van der Waals surface area contributed by atoms with E-state index in [9.17, 15) is 0 Å². The predicted molar refractivity (Wildman–Crippen MR) is 202 cm³/mol. The summed E-state index contributed by atoms with van der Waals surface area (Å²) in [4.78, 5) is 2.40. The first kappa shape index (κ1) is 27.2. The van der Waals surface area contributed by atoms with Crippen LogP contribution in [0.1, 0.15) is 0 Å². The number of nitrogens with zero attached hydrogens (tertiary/aromatic N) is 1. The first-order valence-corrected chi connectivity index (χ1v) is 16.2. The molecule has 9 aromatic carbocycles. The van der Waals surface area contributed by atoms with Crippen molar-refractivity contribution in [1.82, 2.24) is 0 Å². The molecule has 0 bridgehead atoms. The molecule has 0 heterocycles. The Balaban J connectivity index is 1.24. The monoisotopic (exact) mass is 597 g/mol. The van der Waals surface area contributed by atoms with Gasteiger partial charge >= 0.3 is 0 Å². The maximum Gasteiger partial charge on any atom is 0.0540 e. The molecule has 0 radical (unpaired) electrons. The van der Waals surface area contributed by atoms with E-state index in [1.54, 1.807) is 0 Å². The van der Waals surface area contributed by atoms with Gasteiger partial charge in [-0.05, 0) is 90.3 Å². The molecule has 0 N–H and O–H groups in total. The summed E-state index contributed by atoms with van der Waals surface area (Å²) in [5.74, 6) is 0. The van der Waals surface area contributed by atoms with Gasteiger partial charge in [0, 0.05) is 16.8 Å². The average molecular weight is 598 g/mol. The summed E-state index contributed by atoms with van der Waals surface area (Å²) >= 11 is 0. The molecule has 220 valence electrons. The summed E-state index contributed by atoms with van der Waals surface area (Å²) in [6.45, 7) is 0. The van der Waals surface area contributed by atoms with E-state index in [1.165, 1.54) is 65.3 Å². The van der Waals surface area contributed by atoms with Crippen LogP contribution >= 0.6 is 0 Å². The molecule has 9 aromatic rings. The van der Waals surface area contributed by atoms with Crippen molar-refractivity contribution >= 4 is 60.2 Å². The molecule has 0 atom stereocenters. The second-order valence-electron chi connectivity index (χ2n) is 12.1. The maximum absolute atomic E-state index is 2.40. The molecule has 0 spiro atoms. The van der Waals surface area contributed by atoms with E-state index in [-0.39, 0.29) is 0 Å². The zero-order chi connectivity index (χ0) is 31.2. The summed E-state index contributed by atoms with van der Waals surface area (Å²) in [7, 11) is 0. The lowest BCUT2D eigenvalue weighted by Crippen LogP contribution is -2.10. The molecular formula is C46H31N. The van der Waals surface area contributed by atoms with E-state index < -0.39 is 0 Å². The Labute approximate surface area is 274 Å². The summed E-state index contributed by atoms with van der Waals surface area (Å²) < 4.78 is 0. The lowest BCUT2D eigenvalue weighted by Gasteiger charge is -2.27. The fourth-order valence-corrected chi connectivity index (χ4v) is 7.17. The van der Waals surface area contributed by atoms with Crippen molar-refractivity contribution in [2.24, 2.45) is 0 Å². The van der Waals surface area contributed by atoms with Crippen molar-refractivity contribution in [3.8, 4) is 22.3 Å². The number of rotatable bonds is 5. The van der Waals surface area contributed by atoms with Crippen LogP contribution in [0.25, 0.3) is 65.3 Å². The van der Waals surface area contributed by atoms with Crippen molar-refractivity contribution in [3.05, 3.63) is 188 Å². The van der Waals surface area contributed by atoms with Gasteiger partial charge in [0.05, 0.1) is 5.69 Å². The van der Waals surface area contributed by atoms with Crippen LogP contribution in [0.2, 0.25) is 0 Å². The van der Waals surface area contributed by atoms with E-state index in [1.807, 2.05) is 0 Å². The quantitative estimate of drug-likeness (QED) is 0.178. The van der Waals surface area contributed by atoms with Crippen LogP contribution < -0.4 is 4.90 Å². The van der Waals surface area contributed by atoms with Crippen LogP contribution in [0, 0.1) is 0 Å². The van der Waals surface area contributed by atoms with Gasteiger partial charge in [-0.25, -0.2) is 0 Å². The molecule has 1 nitrogen and oxygen atoms in total. The molecule has 0 aliphatic heterocycles. The average Bonchev–Trinajstić information content (AvgIpc) is 3.15. The van der Waals surface area contributed by atoms with Crippen LogP contribution in [-0.4, -0.2) is 0 Å². The highest BCUT2D eigenvalue weighted by molar-refractivity contribution is 6.22. The summed E-state index contributed by atoms with van der Waals surface area (Å²) in [5, 5.41) is 10.1. The fraction of sp³-hybridized carbons (Fsp3) is 0. The Morgan fingerprint density at radius 3 is 1.57 bits per heavy atom. The van der Waals surface area contributed by atoms with Crippen molar-refractivity contribution in [2.45, 2.75) is 0 Å². The topological polar surface area (TPSA) is 3.24 Å². The van der Waals surface area contributed by atoms with Gasteiger partial charge in [-0.15, -0.1) is 0 Å². The highest BCUT2D eigenvalue weighted by atomic mass is 15.1. The zero-order valence-electron chi connectivity index (χ0n) is 25.8. The van der Waals surface area contributed by atoms with Gasteiger partial charge in [-0.2, -0.15) is 0 Å². The van der Waals surface area contributed by atoms with Crippen molar-refractivity contribution in [3.63, 3.8) is 0 Å². The molecule has 1 heteroatoms. The smallest absolute Gasteiger partial charge is 0.0540 e. The van der Waals surface area contributed by atoms with Gasteiger partial charge in [0.1, 0.15) is 0 Å². The minimum Gasteiger partial charge on any atom is -0.310 e. The van der Waals surface area contributed by atoms with Crippen molar-refractivity contribution in [2.75, 3.05) is 4.90 Å². The van der Waals surface area contributed by atoms with Gasteiger partial charge in [-0.3, -0.25) is 0 Å². The van der Waals surface area contributed by atoms with Gasteiger partial charge in [0.25, 0.3) is 0 Å². The zero-order valence-corrected chi connectivity index (χ0v) is 25.8. The van der Waals surface area contributed by atoms with Crippen LogP contribution in [0.3, 0.4) is 0 Å². The number of benzene rings is 9. The van der Waals surface area contributed by atoms with E-state index in [4.69, 9.17) is 0 Å². The van der Waals surface area contributed by atoms with Crippen LogP contribution in [0.5, 0.6) is 0 Å². The molecule has 0 amide bonds. The fourth-order valence-electron chi connectivity index (χ4n) is 7.17. The van der Waals surface area contributed by atoms with E-state index in [0.29, 0.717) is 0 Å². The molecule has 0 unspecified atom stereocenters. The number of anilines is 3. The van der Waals surface area contributed by atoms with Crippen LogP contribution in [0.15, 0.2) is 188 Å². The van der Waals surface area contributed by atoms with Crippen molar-refractivity contribution < 1.29 is 0 Å². The molecule has 47 heavy (non-hydrogen) atoms. The third-order valence-electron chi connectivity index (χ3n) is 9.44. The molecule has 0 aliphatic carbocycles. The van der Waals surface area contributed by atoms with E-state index >= 15 is 0 Å². The summed E-state index contributed by atoms with van der Waals surface area (Å²) in [6.07, 6.45) is 0. The Morgan fingerprint density at radius 1 is 0.277 bits per heavy atom. The molecule has 0 saturated carbocycles. The molecule has 0 aliphatic rings. The second kappa shape index (κ2) is 11.3. The van der Waals surface area contributed by atoms with E-state index in [0.717, 1.165) is 17.1 Å². The standard InChI is InChI=1S/C46H31N/c1-2-10-32(11-3-1)33-22-27-38(28-23-33)47(39-29-24-36(25-30-39)41-17-8-14-34-12-4-6-15-40(34)41)45-19-9-18-44-43(45)31-26-37-21-20-35-13-5-7-16-42(35)46(37)44/h1-31H. The first-order valence-electron chi connectivity index (χ1n) is 16.2. The Morgan fingerprint density at radius 2 is 0.809 bits per heavy atom. The predicted octanol–water partition coefficient (Wildman–Crippen LogP) is 13.1. The van der Waals surface area contributed by atoms with Gasteiger partial charge < -0.3 is 4.90 Å². The number of fused-ring (bicyclic) bond motifs is 6. The third-order valence-corrected chi connectivity index (χ3v) is 9.44. The minimum absolute atomic E-state index is 1.12. The summed E-state index contributed by atoms with van der Waals surface area (Å²) in [5.41, 5.74) is 8.27. The molecule has 0 saturated heterocycles. The molecule has 0 aromatic heterocycles. The van der Waals surface area contributed by atoms with E-state index in [2.05, 4.69) is 193 Å². The highest BCUT2D eigenvalue weighted by Crippen LogP contribution is 2.43. The highest BCUT2D eigenvalue weighted by Gasteiger charge is 2.17. The molecular weight excluding hydrogens is 567 g/mol. The maximum atomic E-state index is 2.40. The Hall–Kier alpha value is -6.18. The third kappa shape index (κ3) is 4.72. The SMILES string of the molecule is c1ccc(-c2ccc(N(c3ccc(-c4cccc5ccccc45)cc3)c3cccc4c3ccc3ccc5ccccc5c34)cc2)cc1. The van der Waals surface area contributed by atoms with Crippen molar-refractivity contribution in [1.29, 1.82) is 0 Å². The van der Waals surface area contributed by atoms with Crippen LogP contribution in [0.4, 0.5) is 17.1 Å². The second-order valence-corrected chi connectivity index (χ2v) is 12.1. The van der Waals surface area contributed by atoms with Gasteiger partial charge in [-0.1, -0.05) is 158 Å². The summed E-state index contributed by atoms with van der Waals surface area (Å²) in [6, 6.07) is 68.2. The normalized spacial score (nSPS) is 11.4. The lowest BCUT2D eigenvalue weighted by atomic mass is 9.95. The largest absolute Gasteiger partial charge is 0.310 e. The first-order chi connectivity index (χ1) is 23.3. The Bertz CT molecular complexity index is 2540. The van der Waals surface area contributed by atoms with Gasteiger partial charge in [0.15, 0.2) is 0 Å². The molecule has 9 rings (SSSR count). The Kier molecular flexibility index (Phi) is 6.54.